The Morgan fingerprint density at radius 3 is 2.72 bits per heavy atom. The van der Waals surface area contributed by atoms with Gasteiger partial charge in [-0.2, -0.15) is 5.26 Å². The van der Waals surface area contributed by atoms with Gasteiger partial charge in [-0.05, 0) is 64.8 Å². The molecule has 0 aliphatic carbocycles. The first-order chi connectivity index (χ1) is 11.9. The van der Waals surface area contributed by atoms with Crippen molar-refractivity contribution in [2.24, 2.45) is 0 Å². The maximum absolute atomic E-state index is 12.3. The minimum Gasteiger partial charge on any atom is -0.493 e. The second-order valence-electron chi connectivity index (χ2n) is 4.87. The highest BCUT2D eigenvalue weighted by atomic mass is 79.9. The summed E-state index contributed by atoms with van der Waals surface area (Å²) < 4.78 is 6.17. The van der Waals surface area contributed by atoms with Crippen molar-refractivity contribution in [2.75, 3.05) is 11.9 Å². The molecule has 0 aliphatic heterocycles. The van der Waals surface area contributed by atoms with Crippen molar-refractivity contribution in [1.82, 2.24) is 0 Å². The summed E-state index contributed by atoms with van der Waals surface area (Å²) in [6.45, 7) is 2.43. The van der Waals surface area contributed by atoms with E-state index in [9.17, 15) is 10.1 Å². The first-order valence-electron chi connectivity index (χ1n) is 7.25. The van der Waals surface area contributed by atoms with Crippen LogP contribution in [0.3, 0.4) is 0 Å². The van der Waals surface area contributed by atoms with Gasteiger partial charge >= 0.3 is 0 Å². The maximum Gasteiger partial charge on any atom is 0.266 e. The Kier molecular flexibility index (Phi) is 6.89. The van der Waals surface area contributed by atoms with Gasteiger partial charge in [0.25, 0.3) is 5.91 Å². The van der Waals surface area contributed by atoms with Gasteiger partial charge in [-0.15, -0.1) is 0 Å². The van der Waals surface area contributed by atoms with Crippen molar-refractivity contribution < 1.29 is 9.53 Å². The van der Waals surface area contributed by atoms with Crippen molar-refractivity contribution in [3.05, 3.63) is 62.1 Å². The summed E-state index contributed by atoms with van der Waals surface area (Å²) >= 11 is 15.3. The molecular weight excluding hydrogens is 427 g/mol. The first-order valence-corrected chi connectivity index (χ1v) is 8.80. The fourth-order valence-corrected chi connectivity index (χ4v) is 2.83. The molecule has 2 rings (SSSR count). The average molecular weight is 440 g/mol. The van der Waals surface area contributed by atoms with E-state index in [1.165, 1.54) is 12.1 Å². The Bertz CT molecular complexity index is 876. The Morgan fingerprint density at radius 2 is 2.08 bits per heavy atom. The SMILES string of the molecule is CCOc1ccc(/C=C(/C#N)C(=O)Nc2cc(Cl)ccc2Cl)cc1Br. The molecule has 128 valence electrons. The van der Waals surface area contributed by atoms with Gasteiger partial charge in [0.05, 0.1) is 21.8 Å². The molecule has 2 aromatic rings. The maximum atomic E-state index is 12.3. The summed E-state index contributed by atoms with van der Waals surface area (Å²) in [7, 11) is 0. The predicted molar refractivity (Wildman–Crippen MR) is 104 cm³/mol. The summed E-state index contributed by atoms with van der Waals surface area (Å²) in [5.74, 6) is 0.116. The monoisotopic (exact) mass is 438 g/mol. The van der Waals surface area contributed by atoms with Crippen LogP contribution in [-0.4, -0.2) is 12.5 Å². The smallest absolute Gasteiger partial charge is 0.266 e. The van der Waals surface area contributed by atoms with Gasteiger partial charge in [-0.1, -0.05) is 29.3 Å². The number of nitrogens with zero attached hydrogens (tertiary/aromatic N) is 1. The first kappa shape index (κ1) is 19.3. The molecule has 1 N–H and O–H groups in total. The van der Waals surface area contributed by atoms with Gasteiger partial charge in [0.1, 0.15) is 17.4 Å². The van der Waals surface area contributed by atoms with Gasteiger partial charge in [0, 0.05) is 5.02 Å². The molecule has 0 fully saturated rings. The number of hydrogen-bond acceptors (Lipinski definition) is 3. The van der Waals surface area contributed by atoms with E-state index in [-0.39, 0.29) is 5.57 Å². The highest BCUT2D eigenvalue weighted by Gasteiger charge is 2.12. The zero-order valence-corrected chi connectivity index (χ0v) is 16.2. The van der Waals surface area contributed by atoms with Gasteiger partial charge in [-0.3, -0.25) is 4.79 Å². The van der Waals surface area contributed by atoms with E-state index in [0.29, 0.717) is 33.7 Å². The summed E-state index contributed by atoms with van der Waals surface area (Å²) in [5.41, 5.74) is 0.958. The minimum atomic E-state index is -0.573. The lowest BCUT2D eigenvalue weighted by Crippen LogP contribution is -2.13. The molecule has 2 aromatic carbocycles. The molecule has 25 heavy (non-hydrogen) atoms. The van der Waals surface area contributed by atoms with Crippen LogP contribution in [0.5, 0.6) is 5.75 Å². The number of ether oxygens (including phenoxy) is 1. The standard InChI is InChI=1S/C18H13BrCl2N2O2/c1-2-25-17-6-3-11(8-14(17)19)7-12(10-22)18(24)23-16-9-13(20)4-5-15(16)21/h3-9H,2H2,1H3,(H,23,24)/b12-7-. The number of anilines is 1. The molecule has 0 saturated carbocycles. The lowest BCUT2D eigenvalue weighted by molar-refractivity contribution is -0.112. The highest BCUT2D eigenvalue weighted by Crippen LogP contribution is 2.28. The molecule has 0 saturated heterocycles. The second kappa shape index (κ2) is 8.91. The fourth-order valence-electron chi connectivity index (χ4n) is 1.98. The van der Waals surface area contributed by atoms with Gasteiger partial charge in [0.2, 0.25) is 0 Å². The van der Waals surface area contributed by atoms with Crippen LogP contribution in [0.25, 0.3) is 6.08 Å². The van der Waals surface area contributed by atoms with Crippen LogP contribution in [0, 0.1) is 11.3 Å². The van der Waals surface area contributed by atoms with Crippen LogP contribution < -0.4 is 10.1 Å². The number of nitrogens with one attached hydrogen (secondary N) is 1. The lowest BCUT2D eigenvalue weighted by Gasteiger charge is -2.08. The summed E-state index contributed by atoms with van der Waals surface area (Å²) in [6.07, 6.45) is 1.48. The van der Waals surface area contributed by atoms with E-state index < -0.39 is 5.91 Å². The van der Waals surface area contributed by atoms with Gasteiger partial charge in [-0.25, -0.2) is 0 Å². The molecule has 7 heteroatoms. The van der Waals surface area contributed by atoms with Crippen LogP contribution in [-0.2, 0) is 4.79 Å². The van der Waals surface area contributed by atoms with Gasteiger partial charge in [0.15, 0.2) is 0 Å². The molecule has 1 amide bonds. The zero-order chi connectivity index (χ0) is 18.4. The molecule has 0 heterocycles. The number of benzene rings is 2. The molecule has 0 spiro atoms. The quantitative estimate of drug-likeness (QED) is 0.480. The third-order valence-corrected chi connectivity index (χ3v) is 4.29. The predicted octanol–water partition coefficient (Wildman–Crippen LogP) is 5.70. The van der Waals surface area contributed by atoms with Gasteiger partial charge < -0.3 is 10.1 Å². The van der Waals surface area contributed by atoms with Crippen molar-refractivity contribution >= 4 is 56.8 Å². The third-order valence-electron chi connectivity index (χ3n) is 3.11. The van der Waals surface area contributed by atoms with Crippen LogP contribution in [0.1, 0.15) is 12.5 Å². The van der Waals surface area contributed by atoms with E-state index in [0.717, 1.165) is 4.47 Å². The molecule has 0 bridgehead atoms. The van der Waals surface area contributed by atoms with E-state index in [4.69, 9.17) is 27.9 Å². The molecule has 0 radical (unpaired) electrons. The van der Waals surface area contributed by atoms with Crippen LogP contribution in [0.15, 0.2) is 46.4 Å². The number of halogens is 3. The molecular formula is C18H13BrCl2N2O2. The van der Waals surface area contributed by atoms with Crippen molar-refractivity contribution in [3.63, 3.8) is 0 Å². The van der Waals surface area contributed by atoms with E-state index >= 15 is 0 Å². The molecule has 4 nitrogen and oxygen atoms in total. The average Bonchev–Trinajstić information content (AvgIpc) is 2.58. The zero-order valence-electron chi connectivity index (χ0n) is 13.1. The number of amides is 1. The Labute approximate surface area is 164 Å². The summed E-state index contributed by atoms with van der Waals surface area (Å²) in [5, 5.41) is 12.6. The van der Waals surface area contributed by atoms with Crippen LogP contribution in [0.2, 0.25) is 10.0 Å². The number of nitriles is 1. The molecule has 0 aliphatic rings. The second-order valence-corrected chi connectivity index (χ2v) is 6.57. The number of carbonyl (C=O) groups is 1. The largest absolute Gasteiger partial charge is 0.493 e. The Morgan fingerprint density at radius 1 is 1.32 bits per heavy atom. The van der Waals surface area contributed by atoms with E-state index in [1.807, 2.05) is 13.0 Å². The highest BCUT2D eigenvalue weighted by molar-refractivity contribution is 9.10. The lowest BCUT2D eigenvalue weighted by atomic mass is 10.1. The van der Waals surface area contributed by atoms with Crippen LogP contribution in [0.4, 0.5) is 5.69 Å². The van der Waals surface area contributed by atoms with Crippen molar-refractivity contribution in [2.45, 2.75) is 6.92 Å². The van der Waals surface area contributed by atoms with E-state index in [2.05, 4.69) is 21.2 Å². The van der Waals surface area contributed by atoms with E-state index in [1.54, 1.807) is 30.3 Å². The fraction of sp³-hybridized carbons (Fsp3) is 0.111. The normalized spacial score (nSPS) is 10.9. The topological polar surface area (TPSA) is 62.1 Å². The molecule has 0 aromatic heterocycles. The molecule has 0 atom stereocenters. The van der Waals surface area contributed by atoms with Crippen molar-refractivity contribution in [3.8, 4) is 11.8 Å². The number of carbonyl (C=O) groups excluding carboxylic acids is 1. The summed E-state index contributed by atoms with van der Waals surface area (Å²) in [4.78, 5) is 12.3. The third kappa shape index (κ3) is 5.23. The minimum absolute atomic E-state index is 0.0629. The van der Waals surface area contributed by atoms with Crippen molar-refractivity contribution in [1.29, 1.82) is 5.26 Å². The van der Waals surface area contributed by atoms with Crippen LogP contribution >= 0.6 is 39.1 Å². The molecule has 0 unspecified atom stereocenters. The number of rotatable bonds is 5. The Hall–Kier alpha value is -2.00. The summed E-state index contributed by atoms with van der Waals surface area (Å²) in [6, 6.07) is 11.9. The Balaban J connectivity index is 2.25. The number of hydrogen-bond donors (Lipinski definition) is 1.